The maximum absolute atomic E-state index is 5.15. The lowest BCUT2D eigenvalue weighted by Gasteiger charge is -2.09. The zero-order valence-electron chi connectivity index (χ0n) is 6.18. The van der Waals surface area contributed by atoms with Crippen molar-refractivity contribution in [2.75, 3.05) is 13.3 Å². The monoisotopic (exact) mass is 129 g/mol. The molecule has 1 aliphatic heterocycles. The van der Waals surface area contributed by atoms with Crippen LogP contribution in [0.2, 0.25) is 0 Å². The highest BCUT2D eigenvalue weighted by Gasteiger charge is 2.14. The van der Waals surface area contributed by atoms with Crippen molar-refractivity contribution in [3.63, 3.8) is 0 Å². The predicted molar refractivity (Wildman–Crippen MR) is 37.2 cm³/mol. The zero-order valence-corrected chi connectivity index (χ0v) is 6.18. The molecule has 0 unspecified atom stereocenters. The van der Waals surface area contributed by atoms with Gasteiger partial charge in [-0.15, -0.1) is 0 Å². The van der Waals surface area contributed by atoms with Crippen LogP contribution < -0.4 is 5.32 Å². The minimum atomic E-state index is 0.616. The Morgan fingerprint density at radius 2 is 2.44 bits per heavy atom. The van der Waals surface area contributed by atoms with Gasteiger partial charge in [0.25, 0.3) is 0 Å². The van der Waals surface area contributed by atoms with E-state index in [1.165, 1.54) is 6.42 Å². The van der Waals surface area contributed by atoms with E-state index in [1.807, 2.05) is 0 Å². The van der Waals surface area contributed by atoms with E-state index in [9.17, 15) is 0 Å². The molecule has 2 heteroatoms. The van der Waals surface area contributed by atoms with E-state index in [0.717, 1.165) is 19.3 Å². The van der Waals surface area contributed by atoms with Gasteiger partial charge in [-0.2, -0.15) is 0 Å². The molecule has 54 valence electrons. The molecule has 1 atom stereocenters. The molecule has 0 amide bonds. The Balaban J connectivity index is 2.11. The van der Waals surface area contributed by atoms with E-state index in [-0.39, 0.29) is 0 Å². The first-order valence-corrected chi connectivity index (χ1v) is 3.60. The summed E-state index contributed by atoms with van der Waals surface area (Å²) in [6.45, 7) is 6.12. The largest absolute Gasteiger partial charge is 0.365 e. The lowest BCUT2D eigenvalue weighted by molar-refractivity contribution is 0.187. The molecule has 2 nitrogen and oxygen atoms in total. The Morgan fingerprint density at radius 1 is 1.67 bits per heavy atom. The molecule has 1 N–H and O–H groups in total. The van der Waals surface area contributed by atoms with Gasteiger partial charge in [-0.25, -0.2) is 0 Å². The van der Waals surface area contributed by atoms with Crippen molar-refractivity contribution in [2.45, 2.75) is 26.3 Å². The van der Waals surface area contributed by atoms with Crippen molar-refractivity contribution in [1.29, 1.82) is 0 Å². The predicted octanol–water partition coefficient (Wildman–Crippen LogP) is 0.978. The summed E-state index contributed by atoms with van der Waals surface area (Å²) in [7, 11) is 0. The summed E-state index contributed by atoms with van der Waals surface area (Å²) in [4.78, 5) is 0. The Hall–Kier alpha value is -0.0800. The van der Waals surface area contributed by atoms with Crippen molar-refractivity contribution in [3.8, 4) is 0 Å². The summed E-state index contributed by atoms with van der Waals surface area (Å²) in [6, 6.07) is 0.616. The molecule has 1 heterocycles. The normalized spacial score (nSPS) is 27.7. The second-order valence-corrected chi connectivity index (χ2v) is 3.05. The van der Waals surface area contributed by atoms with Gasteiger partial charge >= 0.3 is 0 Å². The van der Waals surface area contributed by atoms with Crippen molar-refractivity contribution >= 4 is 0 Å². The van der Waals surface area contributed by atoms with Crippen molar-refractivity contribution in [3.05, 3.63) is 0 Å². The van der Waals surface area contributed by atoms with E-state index in [0.29, 0.717) is 6.04 Å². The smallest absolute Gasteiger partial charge is 0.0968 e. The molecule has 1 aliphatic rings. The maximum Gasteiger partial charge on any atom is 0.0968 e. The molecular weight excluding hydrogens is 114 g/mol. The fourth-order valence-electron chi connectivity index (χ4n) is 1.16. The molecule has 1 fully saturated rings. The third-order valence-electron chi connectivity index (χ3n) is 1.55. The first kappa shape index (κ1) is 7.03. The highest BCUT2D eigenvalue weighted by Crippen LogP contribution is 2.07. The Labute approximate surface area is 56.6 Å². The number of nitrogens with one attached hydrogen (secondary N) is 1. The SMILES string of the molecule is CC(C)C[C@H]1COCN1. The molecule has 9 heavy (non-hydrogen) atoms. The van der Waals surface area contributed by atoms with Crippen LogP contribution in [-0.4, -0.2) is 19.4 Å². The summed E-state index contributed by atoms with van der Waals surface area (Å²) < 4.78 is 5.15. The zero-order chi connectivity index (χ0) is 6.69. The van der Waals surface area contributed by atoms with Crippen LogP contribution in [0, 0.1) is 5.92 Å². The minimum Gasteiger partial charge on any atom is -0.365 e. The summed E-state index contributed by atoms with van der Waals surface area (Å²) >= 11 is 0. The molecule has 0 aromatic rings. The van der Waals surface area contributed by atoms with E-state index in [2.05, 4.69) is 19.2 Å². The summed E-state index contributed by atoms with van der Waals surface area (Å²) in [5, 5.41) is 3.27. The number of hydrogen-bond acceptors (Lipinski definition) is 2. The molecule has 0 bridgehead atoms. The fourth-order valence-corrected chi connectivity index (χ4v) is 1.16. The second-order valence-electron chi connectivity index (χ2n) is 3.05. The molecule has 1 rings (SSSR count). The van der Waals surface area contributed by atoms with Crippen LogP contribution in [0.15, 0.2) is 0 Å². The van der Waals surface area contributed by atoms with Gasteiger partial charge in [0.05, 0.1) is 13.3 Å². The fraction of sp³-hybridized carbons (Fsp3) is 1.00. The lowest BCUT2D eigenvalue weighted by atomic mass is 10.1. The molecule has 1 saturated heterocycles. The number of hydrogen-bond donors (Lipinski definition) is 1. The highest BCUT2D eigenvalue weighted by atomic mass is 16.5. The summed E-state index contributed by atoms with van der Waals surface area (Å²) in [5.74, 6) is 0.782. The van der Waals surface area contributed by atoms with Gasteiger partial charge in [-0.1, -0.05) is 13.8 Å². The van der Waals surface area contributed by atoms with Crippen LogP contribution in [0.5, 0.6) is 0 Å². The first-order valence-electron chi connectivity index (χ1n) is 3.60. The summed E-state index contributed by atoms with van der Waals surface area (Å²) in [5.41, 5.74) is 0. The van der Waals surface area contributed by atoms with Crippen LogP contribution in [0.1, 0.15) is 20.3 Å². The van der Waals surface area contributed by atoms with E-state index >= 15 is 0 Å². The standard InChI is InChI=1S/C7H15NO/c1-6(2)3-7-4-9-5-8-7/h6-8H,3-5H2,1-2H3/t7-/m0/s1. The van der Waals surface area contributed by atoms with Crippen LogP contribution >= 0.6 is 0 Å². The van der Waals surface area contributed by atoms with Gasteiger partial charge in [-0.05, 0) is 12.3 Å². The van der Waals surface area contributed by atoms with Gasteiger partial charge in [0, 0.05) is 6.04 Å². The van der Waals surface area contributed by atoms with Gasteiger partial charge in [0.1, 0.15) is 0 Å². The average Bonchev–Trinajstić information content (AvgIpc) is 2.15. The van der Waals surface area contributed by atoms with Gasteiger partial charge < -0.3 is 4.74 Å². The van der Waals surface area contributed by atoms with E-state index in [4.69, 9.17) is 4.74 Å². The van der Waals surface area contributed by atoms with E-state index < -0.39 is 0 Å². The quantitative estimate of drug-likeness (QED) is 0.600. The first-order chi connectivity index (χ1) is 4.29. The Kier molecular flexibility index (Phi) is 2.49. The Morgan fingerprint density at radius 3 is 2.89 bits per heavy atom. The third kappa shape index (κ3) is 2.33. The maximum atomic E-state index is 5.15. The molecule has 0 spiro atoms. The van der Waals surface area contributed by atoms with Crippen LogP contribution in [0.3, 0.4) is 0 Å². The van der Waals surface area contributed by atoms with E-state index in [1.54, 1.807) is 0 Å². The third-order valence-corrected chi connectivity index (χ3v) is 1.55. The number of ether oxygens (including phenoxy) is 1. The van der Waals surface area contributed by atoms with Crippen LogP contribution in [0.25, 0.3) is 0 Å². The Bertz CT molecular complexity index is 77.0. The molecular formula is C7H15NO. The van der Waals surface area contributed by atoms with Crippen molar-refractivity contribution < 1.29 is 4.74 Å². The lowest BCUT2D eigenvalue weighted by Crippen LogP contribution is -2.24. The van der Waals surface area contributed by atoms with Gasteiger partial charge in [-0.3, -0.25) is 5.32 Å². The summed E-state index contributed by atoms with van der Waals surface area (Å²) in [6.07, 6.45) is 1.24. The molecule has 0 saturated carbocycles. The highest BCUT2D eigenvalue weighted by molar-refractivity contribution is 4.69. The molecule has 0 aromatic heterocycles. The molecule has 0 radical (unpaired) electrons. The second kappa shape index (κ2) is 3.18. The number of rotatable bonds is 2. The van der Waals surface area contributed by atoms with Crippen molar-refractivity contribution in [2.24, 2.45) is 5.92 Å². The minimum absolute atomic E-state index is 0.616. The topological polar surface area (TPSA) is 21.3 Å². The van der Waals surface area contributed by atoms with Gasteiger partial charge in [0.15, 0.2) is 0 Å². The molecule has 0 aliphatic carbocycles. The average molecular weight is 129 g/mol. The van der Waals surface area contributed by atoms with Crippen molar-refractivity contribution in [1.82, 2.24) is 5.32 Å². The van der Waals surface area contributed by atoms with Crippen LogP contribution in [0.4, 0.5) is 0 Å². The molecule has 0 aromatic carbocycles. The van der Waals surface area contributed by atoms with Crippen LogP contribution in [-0.2, 0) is 4.74 Å². The van der Waals surface area contributed by atoms with Gasteiger partial charge in [0.2, 0.25) is 0 Å².